The van der Waals surface area contributed by atoms with Crippen LogP contribution in [0.5, 0.6) is 0 Å². The van der Waals surface area contributed by atoms with Crippen LogP contribution in [0.15, 0.2) is 4.52 Å². The van der Waals surface area contributed by atoms with Gasteiger partial charge in [-0.1, -0.05) is 5.16 Å². The van der Waals surface area contributed by atoms with Crippen molar-refractivity contribution in [2.75, 3.05) is 0 Å². The molecule has 1 aliphatic rings. The van der Waals surface area contributed by atoms with Crippen LogP contribution >= 0.6 is 0 Å². The van der Waals surface area contributed by atoms with Gasteiger partial charge in [-0.2, -0.15) is 4.98 Å². The van der Waals surface area contributed by atoms with Crippen LogP contribution in [0, 0.1) is 5.92 Å². The average Bonchev–Trinajstić information content (AvgIpc) is 2.74. The zero-order valence-electron chi connectivity index (χ0n) is 6.69. The first kappa shape index (κ1) is 7.70. The van der Waals surface area contributed by atoms with E-state index in [9.17, 15) is 0 Å². The first-order valence-electron chi connectivity index (χ1n) is 4.01. The minimum atomic E-state index is 0.192. The van der Waals surface area contributed by atoms with Crippen molar-refractivity contribution in [2.24, 2.45) is 11.8 Å². The Kier molecular flexibility index (Phi) is 2.05. The van der Waals surface area contributed by atoms with Crippen molar-refractivity contribution in [3.8, 4) is 0 Å². The Morgan fingerprint density at radius 3 is 3.08 bits per heavy atom. The zero-order valence-corrected chi connectivity index (χ0v) is 6.69. The van der Waals surface area contributed by atoms with E-state index in [1.807, 2.05) is 0 Å². The highest BCUT2D eigenvalue weighted by Gasteiger charge is 2.23. The maximum absolute atomic E-state index is 4.87. The number of nitrogens with two attached hydrogens (primary N) is 1. The normalized spacial score (nSPS) is 16.8. The summed E-state index contributed by atoms with van der Waals surface area (Å²) in [5.74, 6) is 6.85. The van der Waals surface area contributed by atoms with Crippen molar-refractivity contribution >= 4 is 0 Å². The van der Waals surface area contributed by atoms with Crippen molar-refractivity contribution in [1.82, 2.24) is 10.1 Å². The molecule has 1 heterocycles. The zero-order chi connectivity index (χ0) is 8.39. The molecule has 2 rings (SSSR count). The van der Waals surface area contributed by atoms with Crippen LogP contribution in [0.4, 0.5) is 0 Å². The molecule has 5 nitrogen and oxygen atoms in total. The highest BCUT2D eigenvalue weighted by molar-refractivity contribution is 4.91. The van der Waals surface area contributed by atoms with Crippen molar-refractivity contribution in [3.63, 3.8) is 0 Å². The molecule has 1 fully saturated rings. The maximum atomic E-state index is 4.87. The van der Waals surface area contributed by atoms with Gasteiger partial charge in [0, 0.05) is 6.42 Å². The smallest absolute Gasteiger partial charge is 0.254 e. The number of rotatable bonds is 4. The van der Waals surface area contributed by atoms with Gasteiger partial charge >= 0.3 is 0 Å². The molecule has 5 heteroatoms. The Morgan fingerprint density at radius 1 is 1.58 bits per heavy atom. The number of nitrogens with zero attached hydrogens (tertiary/aromatic N) is 2. The number of hydrogen-bond donors (Lipinski definition) is 1. The van der Waals surface area contributed by atoms with E-state index in [1.54, 1.807) is 0 Å². The summed E-state index contributed by atoms with van der Waals surface area (Å²) in [5.41, 5.74) is 0. The lowest BCUT2D eigenvalue weighted by Crippen LogP contribution is -1.99. The van der Waals surface area contributed by atoms with Crippen LogP contribution in [0.1, 0.15) is 24.6 Å². The Morgan fingerprint density at radius 2 is 2.42 bits per heavy atom. The standard InChI is InChI=1S/C7H11N3O2/c8-11-4-7-9-6(10-12-7)3-5-1-2-5/h5H,1-4,8H2. The molecule has 0 aromatic carbocycles. The Hall–Kier alpha value is -0.940. The summed E-state index contributed by atoms with van der Waals surface area (Å²) < 4.78 is 4.87. The Balaban J connectivity index is 1.92. The van der Waals surface area contributed by atoms with E-state index < -0.39 is 0 Å². The molecule has 0 amide bonds. The molecule has 1 saturated carbocycles. The van der Waals surface area contributed by atoms with Gasteiger partial charge in [-0.25, -0.2) is 5.90 Å². The van der Waals surface area contributed by atoms with Crippen LogP contribution in [0.2, 0.25) is 0 Å². The summed E-state index contributed by atoms with van der Waals surface area (Å²) in [6.07, 6.45) is 3.50. The largest absolute Gasteiger partial charge is 0.337 e. The third kappa shape index (κ3) is 1.80. The molecule has 1 aromatic rings. The third-order valence-electron chi connectivity index (χ3n) is 1.89. The first-order chi connectivity index (χ1) is 5.88. The minimum Gasteiger partial charge on any atom is -0.337 e. The van der Waals surface area contributed by atoms with Gasteiger partial charge in [0.25, 0.3) is 5.89 Å². The van der Waals surface area contributed by atoms with Gasteiger partial charge in [-0.3, -0.25) is 4.84 Å². The lowest BCUT2D eigenvalue weighted by molar-refractivity contribution is 0.0995. The number of aromatic nitrogens is 2. The molecule has 2 N–H and O–H groups in total. The SMILES string of the molecule is NOCc1nc(CC2CC2)no1. The lowest BCUT2D eigenvalue weighted by Gasteiger charge is -1.87. The van der Waals surface area contributed by atoms with Crippen molar-refractivity contribution < 1.29 is 9.36 Å². The van der Waals surface area contributed by atoms with Gasteiger partial charge in [0.05, 0.1) is 0 Å². The van der Waals surface area contributed by atoms with Crippen LogP contribution < -0.4 is 5.90 Å². The molecule has 0 spiro atoms. The second-order valence-electron chi connectivity index (χ2n) is 3.06. The quantitative estimate of drug-likeness (QED) is 0.661. The lowest BCUT2D eigenvalue weighted by atomic mass is 10.3. The third-order valence-corrected chi connectivity index (χ3v) is 1.89. The average molecular weight is 169 g/mol. The van der Waals surface area contributed by atoms with Crippen LogP contribution in [-0.4, -0.2) is 10.1 Å². The van der Waals surface area contributed by atoms with Crippen molar-refractivity contribution in [1.29, 1.82) is 0 Å². The van der Waals surface area contributed by atoms with Gasteiger partial charge < -0.3 is 4.52 Å². The molecule has 66 valence electrons. The second-order valence-corrected chi connectivity index (χ2v) is 3.06. The molecule has 1 aliphatic carbocycles. The van der Waals surface area contributed by atoms with Gasteiger partial charge in [0.15, 0.2) is 5.82 Å². The molecule has 0 saturated heterocycles. The van der Waals surface area contributed by atoms with Gasteiger partial charge in [0.2, 0.25) is 0 Å². The molecule has 0 radical (unpaired) electrons. The van der Waals surface area contributed by atoms with Crippen LogP contribution in [0.25, 0.3) is 0 Å². The first-order valence-corrected chi connectivity index (χ1v) is 4.01. The summed E-state index contributed by atoms with van der Waals surface area (Å²) >= 11 is 0. The minimum absolute atomic E-state index is 0.192. The van der Waals surface area contributed by atoms with Crippen molar-refractivity contribution in [2.45, 2.75) is 25.9 Å². The molecule has 0 bridgehead atoms. The molecular formula is C7H11N3O2. The van der Waals surface area contributed by atoms with E-state index in [1.165, 1.54) is 12.8 Å². The molecular weight excluding hydrogens is 158 g/mol. The monoisotopic (exact) mass is 169 g/mol. The summed E-state index contributed by atoms with van der Waals surface area (Å²) in [5, 5.41) is 3.79. The summed E-state index contributed by atoms with van der Waals surface area (Å²) in [4.78, 5) is 8.46. The fraction of sp³-hybridized carbons (Fsp3) is 0.714. The van der Waals surface area contributed by atoms with Crippen LogP contribution in [0.3, 0.4) is 0 Å². The summed E-state index contributed by atoms with van der Waals surface area (Å²) in [6.45, 7) is 0.192. The van der Waals surface area contributed by atoms with E-state index in [0.717, 1.165) is 18.2 Å². The summed E-state index contributed by atoms with van der Waals surface area (Å²) in [7, 11) is 0. The van der Waals surface area contributed by atoms with E-state index in [-0.39, 0.29) is 6.61 Å². The van der Waals surface area contributed by atoms with E-state index in [4.69, 9.17) is 10.4 Å². The maximum Gasteiger partial charge on any atom is 0.254 e. The summed E-state index contributed by atoms with van der Waals surface area (Å²) in [6, 6.07) is 0. The fourth-order valence-electron chi connectivity index (χ4n) is 1.08. The number of hydrogen-bond acceptors (Lipinski definition) is 5. The van der Waals surface area contributed by atoms with Crippen LogP contribution in [-0.2, 0) is 17.9 Å². The van der Waals surface area contributed by atoms with Gasteiger partial charge in [0.1, 0.15) is 6.61 Å². The Labute approximate surface area is 69.8 Å². The highest BCUT2D eigenvalue weighted by atomic mass is 16.6. The highest BCUT2D eigenvalue weighted by Crippen LogP contribution is 2.31. The van der Waals surface area contributed by atoms with Crippen molar-refractivity contribution in [3.05, 3.63) is 11.7 Å². The van der Waals surface area contributed by atoms with E-state index >= 15 is 0 Å². The molecule has 0 unspecified atom stereocenters. The van der Waals surface area contributed by atoms with Gasteiger partial charge in [-0.05, 0) is 18.8 Å². The van der Waals surface area contributed by atoms with E-state index in [2.05, 4.69) is 15.0 Å². The molecule has 0 aliphatic heterocycles. The fourth-order valence-corrected chi connectivity index (χ4v) is 1.08. The topological polar surface area (TPSA) is 74.2 Å². The second kappa shape index (κ2) is 3.20. The van der Waals surface area contributed by atoms with E-state index in [0.29, 0.717) is 5.89 Å². The molecule has 1 aromatic heterocycles. The predicted molar refractivity (Wildman–Crippen MR) is 39.7 cm³/mol. The molecule has 12 heavy (non-hydrogen) atoms. The molecule has 0 atom stereocenters. The predicted octanol–water partition coefficient (Wildman–Crippen LogP) is 0.412. The Bertz CT molecular complexity index is 257. The van der Waals surface area contributed by atoms with Gasteiger partial charge in [-0.15, -0.1) is 0 Å².